The minimum Gasteiger partial charge on any atom is -0.354 e. The number of rotatable bonds is 4. The number of hydrogen-bond acceptors (Lipinski definition) is 6. The van der Waals surface area contributed by atoms with Gasteiger partial charge in [-0.05, 0) is 12.5 Å². The van der Waals surface area contributed by atoms with E-state index in [9.17, 15) is 35.2 Å². The van der Waals surface area contributed by atoms with E-state index in [1.807, 2.05) is 4.72 Å². The van der Waals surface area contributed by atoms with Crippen LogP contribution < -0.4 is 9.62 Å². The molecule has 2 amide bonds. The Morgan fingerprint density at radius 2 is 1.91 bits per heavy atom. The monoisotopic (exact) mass is 517 g/mol. The fourth-order valence-electron chi connectivity index (χ4n) is 4.52. The number of sulfonamides is 1. The molecule has 0 saturated carbocycles. The van der Waals surface area contributed by atoms with Crippen LogP contribution in [0, 0.1) is 17.5 Å². The van der Waals surface area contributed by atoms with Crippen LogP contribution in [0.1, 0.15) is 6.42 Å². The van der Waals surface area contributed by atoms with Crippen molar-refractivity contribution >= 4 is 32.8 Å². The van der Waals surface area contributed by atoms with Gasteiger partial charge in [-0.25, -0.2) is 39.9 Å². The fourth-order valence-corrected chi connectivity index (χ4v) is 5.27. The zero-order valence-corrected chi connectivity index (χ0v) is 18.6. The van der Waals surface area contributed by atoms with Crippen molar-refractivity contribution in [2.24, 2.45) is 0 Å². The average Bonchev–Trinajstić information content (AvgIpc) is 3.26. The number of nitrogens with one attached hydrogen (secondary N) is 1. The van der Waals surface area contributed by atoms with Gasteiger partial charge in [0.1, 0.15) is 29.4 Å². The van der Waals surface area contributed by atoms with Crippen LogP contribution in [-0.2, 0) is 10.0 Å². The quantitative estimate of drug-likeness (QED) is 0.534. The summed E-state index contributed by atoms with van der Waals surface area (Å²) in [5.74, 6) is -6.66. The smallest absolute Gasteiger partial charge is 0.326 e. The van der Waals surface area contributed by atoms with Crippen molar-refractivity contribution in [3.8, 4) is 11.3 Å². The molecule has 2 atom stereocenters. The number of pyridine rings is 1. The summed E-state index contributed by atoms with van der Waals surface area (Å²) < 4.78 is 102. The second-order valence-corrected chi connectivity index (χ2v) is 10.1. The van der Waals surface area contributed by atoms with Gasteiger partial charge in [-0.1, -0.05) is 5.16 Å². The predicted molar refractivity (Wildman–Crippen MR) is 112 cm³/mol. The van der Waals surface area contributed by atoms with Crippen molar-refractivity contribution in [1.82, 2.24) is 19.8 Å². The summed E-state index contributed by atoms with van der Waals surface area (Å²) in [5.41, 5.74) is -0.807. The van der Waals surface area contributed by atoms with Gasteiger partial charge in [0.25, 0.3) is 5.92 Å². The number of urea groups is 1. The van der Waals surface area contributed by atoms with E-state index in [2.05, 4.69) is 10.1 Å². The first-order valence-electron chi connectivity index (χ1n) is 10.2. The van der Waals surface area contributed by atoms with E-state index in [1.165, 1.54) is 0 Å². The topological polar surface area (TPSA) is 109 Å². The molecule has 0 bridgehead atoms. The maximum Gasteiger partial charge on any atom is 0.326 e. The van der Waals surface area contributed by atoms with Crippen molar-refractivity contribution in [1.29, 1.82) is 0 Å². The number of amides is 2. The molecule has 0 aliphatic carbocycles. The summed E-state index contributed by atoms with van der Waals surface area (Å²) in [6, 6.07) is -1.94. The molecule has 35 heavy (non-hydrogen) atoms. The van der Waals surface area contributed by atoms with Crippen molar-refractivity contribution in [2.75, 3.05) is 24.2 Å². The van der Waals surface area contributed by atoms with Crippen LogP contribution in [0.2, 0.25) is 0 Å². The van der Waals surface area contributed by atoms with Crippen LogP contribution in [0.3, 0.4) is 0 Å². The van der Waals surface area contributed by atoms with Crippen LogP contribution in [0.25, 0.3) is 22.2 Å². The van der Waals surface area contributed by atoms with Crippen LogP contribution >= 0.6 is 0 Å². The third-order valence-corrected chi connectivity index (χ3v) is 6.68. The van der Waals surface area contributed by atoms with E-state index in [1.54, 1.807) is 0 Å². The molecule has 15 heteroatoms. The van der Waals surface area contributed by atoms with Crippen molar-refractivity contribution in [3.63, 3.8) is 0 Å². The van der Waals surface area contributed by atoms with Gasteiger partial charge in [0.15, 0.2) is 17.2 Å². The van der Waals surface area contributed by atoms with Gasteiger partial charge < -0.3 is 9.42 Å². The summed E-state index contributed by atoms with van der Waals surface area (Å²) >= 11 is 0. The molecule has 2 aliphatic heterocycles. The molecule has 1 aromatic carbocycles. The average molecular weight is 517 g/mol. The number of benzene rings is 1. The lowest BCUT2D eigenvalue weighted by molar-refractivity contribution is -0.0448. The van der Waals surface area contributed by atoms with E-state index in [-0.39, 0.29) is 35.3 Å². The number of fused-ring (bicyclic) bond motifs is 2. The number of nitrogens with zero attached hydrogens (tertiary/aromatic N) is 4. The molecule has 3 aromatic rings. The summed E-state index contributed by atoms with van der Waals surface area (Å²) in [5, 5.41) is 3.75. The summed E-state index contributed by atoms with van der Waals surface area (Å²) in [4.78, 5) is 18.7. The Morgan fingerprint density at radius 1 is 1.17 bits per heavy atom. The largest absolute Gasteiger partial charge is 0.354 e. The highest BCUT2D eigenvalue weighted by molar-refractivity contribution is 7.88. The molecule has 186 valence electrons. The van der Waals surface area contributed by atoms with E-state index in [0.29, 0.717) is 6.07 Å². The first-order valence-corrected chi connectivity index (χ1v) is 12.1. The van der Waals surface area contributed by atoms with Crippen LogP contribution in [0.4, 0.5) is 32.6 Å². The third kappa shape index (κ3) is 3.87. The van der Waals surface area contributed by atoms with Crippen molar-refractivity contribution in [3.05, 3.63) is 41.8 Å². The van der Waals surface area contributed by atoms with Gasteiger partial charge in [0.2, 0.25) is 10.0 Å². The molecule has 2 fully saturated rings. The van der Waals surface area contributed by atoms with E-state index < -0.39 is 63.8 Å². The molecule has 0 unspecified atom stereocenters. The zero-order valence-electron chi connectivity index (χ0n) is 17.8. The number of carbonyl (C=O) groups is 1. The Labute approximate surface area is 194 Å². The SMILES string of the molecule is CS(=O)(=O)N[C@@H]1CN2C(=O)N(c3noc4cc(F)cc(-c5ncc(F)cc5F)c34)CC[C@@H]2C1(F)F. The Bertz CT molecular complexity index is 1460. The standard InChI is InChI=1S/C20H16F5N5O4S/c1-35(32,33)28-14-8-30-15(20(14,24)25)2-3-29(19(30)31)18-16-11(4-9(21)6-13(16)34-27-18)17-12(23)5-10(22)7-26-17/h4-7,14-15,28H,2-3,8H2,1H3/t14-,15-/m1/s1. The normalized spacial score (nSPS) is 22.2. The Morgan fingerprint density at radius 3 is 2.60 bits per heavy atom. The lowest BCUT2D eigenvalue weighted by Gasteiger charge is -2.37. The van der Waals surface area contributed by atoms with Gasteiger partial charge in [-0.3, -0.25) is 9.88 Å². The van der Waals surface area contributed by atoms with Gasteiger partial charge in [0, 0.05) is 30.8 Å². The maximum absolute atomic E-state index is 14.9. The van der Waals surface area contributed by atoms with Crippen molar-refractivity contribution in [2.45, 2.75) is 24.4 Å². The second kappa shape index (κ2) is 7.84. The third-order valence-electron chi connectivity index (χ3n) is 5.96. The molecular formula is C20H16F5N5O4S. The highest BCUT2D eigenvalue weighted by Crippen LogP contribution is 2.43. The number of aromatic nitrogens is 2. The summed E-state index contributed by atoms with van der Waals surface area (Å²) in [6.45, 7) is -0.871. The van der Waals surface area contributed by atoms with Crippen molar-refractivity contribution < 1.29 is 39.7 Å². The molecule has 0 spiro atoms. The van der Waals surface area contributed by atoms with Crippen LogP contribution in [0.15, 0.2) is 28.9 Å². The van der Waals surface area contributed by atoms with Gasteiger partial charge in [0.05, 0.1) is 17.8 Å². The van der Waals surface area contributed by atoms with Crippen LogP contribution in [0.5, 0.6) is 0 Å². The van der Waals surface area contributed by atoms with E-state index in [0.717, 1.165) is 34.4 Å². The zero-order chi connectivity index (χ0) is 25.3. The summed E-state index contributed by atoms with van der Waals surface area (Å²) in [7, 11) is -3.99. The molecule has 1 N–H and O–H groups in total. The first kappa shape index (κ1) is 23.4. The Balaban J connectivity index is 1.57. The number of anilines is 1. The molecule has 9 nitrogen and oxygen atoms in total. The molecule has 2 saturated heterocycles. The van der Waals surface area contributed by atoms with E-state index >= 15 is 0 Å². The van der Waals surface area contributed by atoms with Gasteiger partial charge in [-0.2, -0.15) is 0 Å². The summed E-state index contributed by atoms with van der Waals surface area (Å²) in [6.07, 6.45) is 1.20. The molecule has 2 aliphatic rings. The van der Waals surface area contributed by atoms with Gasteiger partial charge >= 0.3 is 6.03 Å². The predicted octanol–water partition coefficient (Wildman–Crippen LogP) is 2.87. The Hall–Kier alpha value is -3.33. The number of carbonyl (C=O) groups excluding carboxylic acids is 1. The number of halogens is 5. The minimum absolute atomic E-state index is 0.0343. The fraction of sp³-hybridized carbons (Fsp3) is 0.350. The lowest BCUT2D eigenvalue weighted by atomic mass is 10.0. The van der Waals surface area contributed by atoms with E-state index in [4.69, 9.17) is 4.52 Å². The lowest BCUT2D eigenvalue weighted by Crippen LogP contribution is -2.56. The molecule has 4 heterocycles. The van der Waals surface area contributed by atoms with Crippen LogP contribution in [-0.4, -0.2) is 66.8 Å². The number of hydrogen-bond donors (Lipinski definition) is 1. The second-order valence-electron chi connectivity index (χ2n) is 8.32. The molecule has 2 aromatic heterocycles. The van der Waals surface area contributed by atoms with Gasteiger partial charge in [-0.15, -0.1) is 0 Å². The Kier molecular flexibility index (Phi) is 5.25. The first-order chi connectivity index (χ1) is 16.4. The molecular weight excluding hydrogens is 501 g/mol. The highest BCUT2D eigenvalue weighted by Gasteiger charge is 2.60. The minimum atomic E-state index is -3.99. The maximum atomic E-state index is 14.9. The molecule has 0 radical (unpaired) electrons. The molecule has 5 rings (SSSR count). The number of alkyl halides is 2. The highest BCUT2D eigenvalue weighted by atomic mass is 32.2.